The van der Waals surface area contributed by atoms with Gasteiger partial charge in [0.15, 0.2) is 16.3 Å². The Balaban J connectivity index is 2.29. The topological polar surface area (TPSA) is 78.4 Å². The zero-order valence-corrected chi connectivity index (χ0v) is 11.5. The lowest BCUT2D eigenvalue weighted by atomic mass is 10.1. The highest BCUT2D eigenvalue weighted by atomic mass is 35.5. The second-order valence-corrected chi connectivity index (χ2v) is 4.83. The number of hydrogen-bond donors (Lipinski definition) is 0. The van der Waals surface area contributed by atoms with Crippen LogP contribution in [0.3, 0.4) is 0 Å². The fourth-order valence-corrected chi connectivity index (χ4v) is 2.52. The van der Waals surface area contributed by atoms with Crippen molar-refractivity contribution >= 4 is 44.6 Å². The number of benzene rings is 1. The number of fused-ring (bicyclic) bond motifs is 4. The maximum absolute atomic E-state index is 11.4. The standard InChI is InChI=1S/C14H7ClN2O4/c1-19-13-11-6(2-3-10(18)20-11)4-7-8-5-9(15)16-17-14(8)21-12(7)13/h2-5H,1H3. The third-order valence-electron chi connectivity index (χ3n) is 3.24. The van der Waals surface area contributed by atoms with Crippen molar-refractivity contribution in [2.45, 2.75) is 0 Å². The summed E-state index contributed by atoms with van der Waals surface area (Å²) in [4.78, 5) is 11.4. The lowest BCUT2D eigenvalue weighted by Gasteiger charge is -2.04. The lowest BCUT2D eigenvalue weighted by molar-refractivity contribution is 0.404. The van der Waals surface area contributed by atoms with Crippen molar-refractivity contribution in [2.75, 3.05) is 7.11 Å². The third kappa shape index (κ3) is 1.69. The molecule has 0 bridgehead atoms. The van der Waals surface area contributed by atoms with Crippen molar-refractivity contribution in [1.82, 2.24) is 10.2 Å². The number of furan rings is 1. The van der Waals surface area contributed by atoms with E-state index in [1.165, 1.54) is 13.2 Å². The Bertz CT molecular complexity index is 1070. The summed E-state index contributed by atoms with van der Waals surface area (Å²) >= 11 is 5.88. The Kier molecular flexibility index (Phi) is 2.43. The summed E-state index contributed by atoms with van der Waals surface area (Å²) in [6, 6.07) is 6.51. The van der Waals surface area contributed by atoms with Crippen molar-refractivity contribution in [3.05, 3.63) is 39.8 Å². The zero-order chi connectivity index (χ0) is 14.6. The van der Waals surface area contributed by atoms with Crippen molar-refractivity contribution in [3.63, 3.8) is 0 Å². The van der Waals surface area contributed by atoms with Crippen LogP contribution in [0, 0.1) is 0 Å². The Morgan fingerprint density at radius 3 is 2.76 bits per heavy atom. The first kappa shape index (κ1) is 12.2. The Morgan fingerprint density at radius 2 is 1.95 bits per heavy atom. The van der Waals surface area contributed by atoms with E-state index < -0.39 is 5.63 Å². The van der Waals surface area contributed by atoms with E-state index in [4.69, 9.17) is 25.2 Å². The van der Waals surface area contributed by atoms with Gasteiger partial charge in [0.2, 0.25) is 11.5 Å². The first-order valence-electron chi connectivity index (χ1n) is 6.03. The number of methoxy groups -OCH3 is 1. The van der Waals surface area contributed by atoms with Gasteiger partial charge in [-0.2, -0.15) is 0 Å². The molecule has 21 heavy (non-hydrogen) atoms. The second kappa shape index (κ2) is 4.20. The van der Waals surface area contributed by atoms with E-state index in [1.54, 1.807) is 12.1 Å². The number of halogens is 1. The molecule has 0 radical (unpaired) electrons. The van der Waals surface area contributed by atoms with Gasteiger partial charge < -0.3 is 13.6 Å². The molecule has 0 saturated carbocycles. The Morgan fingerprint density at radius 1 is 1.10 bits per heavy atom. The monoisotopic (exact) mass is 302 g/mol. The normalized spacial score (nSPS) is 11.5. The highest BCUT2D eigenvalue weighted by Crippen LogP contribution is 2.39. The number of nitrogens with zero attached hydrogens (tertiary/aromatic N) is 2. The average molecular weight is 303 g/mol. The van der Waals surface area contributed by atoms with Crippen LogP contribution < -0.4 is 10.4 Å². The summed E-state index contributed by atoms with van der Waals surface area (Å²) in [5.41, 5.74) is 0.644. The largest absolute Gasteiger partial charge is 0.490 e. The van der Waals surface area contributed by atoms with E-state index in [0.717, 1.165) is 16.2 Å². The predicted molar refractivity (Wildman–Crippen MR) is 76.9 cm³/mol. The van der Waals surface area contributed by atoms with Crippen LogP contribution in [-0.4, -0.2) is 17.3 Å². The maximum Gasteiger partial charge on any atom is 0.336 e. The molecule has 0 fully saturated rings. The van der Waals surface area contributed by atoms with Crippen LogP contribution in [0.25, 0.3) is 33.0 Å². The minimum absolute atomic E-state index is 0.267. The summed E-state index contributed by atoms with van der Waals surface area (Å²) in [6.07, 6.45) is 0. The van der Waals surface area contributed by atoms with Gasteiger partial charge in [-0.1, -0.05) is 11.6 Å². The predicted octanol–water partition coefficient (Wildman–Crippen LogP) is 3.14. The molecule has 0 atom stereocenters. The van der Waals surface area contributed by atoms with E-state index in [1.807, 2.05) is 6.07 Å². The molecule has 1 aromatic carbocycles. The van der Waals surface area contributed by atoms with Gasteiger partial charge in [-0.05, 0) is 18.2 Å². The zero-order valence-electron chi connectivity index (χ0n) is 10.7. The van der Waals surface area contributed by atoms with E-state index >= 15 is 0 Å². The lowest BCUT2D eigenvalue weighted by Crippen LogP contribution is -1.96. The molecule has 0 aliphatic heterocycles. The van der Waals surface area contributed by atoms with Gasteiger partial charge in [-0.15, -0.1) is 10.2 Å². The molecule has 4 aromatic rings. The van der Waals surface area contributed by atoms with Crippen LogP contribution in [0.15, 0.2) is 37.9 Å². The number of ether oxygens (including phenoxy) is 1. The number of rotatable bonds is 1. The Hall–Kier alpha value is -2.60. The van der Waals surface area contributed by atoms with E-state index in [2.05, 4.69) is 10.2 Å². The summed E-state index contributed by atoms with van der Waals surface area (Å²) in [5.74, 6) is 0.342. The molecule has 104 valence electrons. The van der Waals surface area contributed by atoms with Gasteiger partial charge >= 0.3 is 5.63 Å². The van der Waals surface area contributed by atoms with Crippen LogP contribution in [0.2, 0.25) is 5.15 Å². The van der Waals surface area contributed by atoms with Crippen molar-refractivity contribution in [1.29, 1.82) is 0 Å². The molecular weight excluding hydrogens is 296 g/mol. The summed E-state index contributed by atoms with van der Waals surface area (Å²) in [6.45, 7) is 0. The SMILES string of the molecule is COc1c2oc(=O)ccc2cc2c1oc1nnc(Cl)cc12. The van der Waals surface area contributed by atoms with Crippen LogP contribution in [-0.2, 0) is 0 Å². The molecule has 0 aliphatic carbocycles. The third-order valence-corrected chi connectivity index (χ3v) is 3.43. The van der Waals surface area contributed by atoms with Crippen molar-refractivity contribution in [2.24, 2.45) is 0 Å². The molecule has 0 saturated heterocycles. The summed E-state index contributed by atoms with van der Waals surface area (Å²) < 4.78 is 16.2. The van der Waals surface area contributed by atoms with Gasteiger partial charge in [0.05, 0.1) is 12.5 Å². The molecule has 3 heterocycles. The maximum atomic E-state index is 11.4. The number of aromatic nitrogens is 2. The number of hydrogen-bond acceptors (Lipinski definition) is 6. The van der Waals surface area contributed by atoms with Crippen molar-refractivity contribution < 1.29 is 13.6 Å². The highest BCUT2D eigenvalue weighted by molar-refractivity contribution is 6.30. The molecule has 0 spiro atoms. The first-order valence-corrected chi connectivity index (χ1v) is 6.41. The van der Waals surface area contributed by atoms with Crippen molar-refractivity contribution in [3.8, 4) is 5.75 Å². The van der Waals surface area contributed by atoms with Crippen LogP contribution in [0.5, 0.6) is 5.75 Å². The summed E-state index contributed by atoms with van der Waals surface area (Å²) in [5, 5.41) is 10.1. The Labute approximate surface area is 121 Å². The van der Waals surface area contributed by atoms with E-state index in [9.17, 15) is 4.79 Å². The van der Waals surface area contributed by atoms with Gasteiger partial charge in [0, 0.05) is 16.8 Å². The fraction of sp³-hybridized carbons (Fsp3) is 0.0714. The molecule has 0 unspecified atom stereocenters. The van der Waals surface area contributed by atoms with Gasteiger partial charge in [0.25, 0.3) is 0 Å². The molecule has 6 nitrogen and oxygen atoms in total. The minimum Gasteiger partial charge on any atom is -0.490 e. The molecule has 0 amide bonds. The van der Waals surface area contributed by atoms with Gasteiger partial charge in [-0.25, -0.2) is 4.79 Å². The minimum atomic E-state index is -0.459. The first-order chi connectivity index (χ1) is 10.2. The smallest absolute Gasteiger partial charge is 0.336 e. The second-order valence-electron chi connectivity index (χ2n) is 4.45. The van der Waals surface area contributed by atoms with Crippen LogP contribution in [0.4, 0.5) is 0 Å². The van der Waals surface area contributed by atoms with Gasteiger partial charge in [0.1, 0.15) is 0 Å². The van der Waals surface area contributed by atoms with Gasteiger partial charge in [-0.3, -0.25) is 0 Å². The van der Waals surface area contributed by atoms with E-state index in [-0.39, 0.29) is 5.15 Å². The average Bonchev–Trinajstić information content (AvgIpc) is 2.82. The molecule has 7 heteroatoms. The quantitative estimate of drug-likeness (QED) is 0.503. The molecule has 0 N–H and O–H groups in total. The molecule has 4 rings (SSSR count). The fourth-order valence-electron chi connectivity index (χ4n) is 2.37. The molecule has 3 aromatic heterocycles. The van der Waals surface area contributed by atoms with E-state index in [0.29, 0.717) is 22.6 Å². The highest BCUT2D eigenvalue weighted by Gasteiger charge is 2.18. The molecular formula is C14H7ClN2O4. The molecule has 0 aliphatic rings. The summed E-state index contributed by atoms with van der Waals surface area (Å²) in [7, 11) is 1.48. The van der Waals surface area contributed by atoms with Crippen LogP contribution in [0.1, 0.15) is 0 Å². The van der Waals surface area contributed by atoms with Crippen LogP contribution >= 0.6 is 11.6 Å².